The third-order valence-corrected chi connectivity index (χ3v) is 7.15. The zero-order valence-corrected chi connectivity index (χ0v) is 16.6. The molecular formula is C18H20N6O4S. The van der Waals surface area contributed by atoms with Gasteiger partial charge in [0.05, 0.1) is 24.2 Å². The fourth-order valence-electron chi connectivity index (χ4n) is 3.43. The van der Waals surface area contributed by atoms with Gasteiger partial charge in [0.1, 0.15) is 12.1 Å². The van der Waals surface area contributed by atoms with E-state index in [0.717, 1.165) is 12.2 Å². The minimum absolute atomic E-state index is 0.144. The zero-order valence-electron chi connectivity index (χ0n) is 15.8. The van der Waals surface area contributed by atoms with E-state index in [9.17, 15) is 8.42 Å². The standard InChI is InChI=1S/C18H20N6O4S/c1-22(13-10-23(11-13)18-6-5-17-20-19-12-24(17)21-18)29(25,26)14-3-4-15-16(9-14)28-8-2-7-27-15/h3-6,9,12-13H,2,7-8,10-11H2,1H3. The van der Waals surface area contributed by atoms with Gasteiger partial charge in [-0.1, -0.05) is 0 Å². The summed E-state index contributed by atoms with van der Waals surface area (Å²) in [6.45, 7) is 2.18. The molecule has 0 aliphatic carbocycles. The Hall–Kier alpha value is -2.92. The molecule has 0 unspecified atom stereocenters. The average molecular weight is 416 g/mol. The number of aromatic nitrogens is 4. The molecule has 0 bridgehead atoms. The Labute approximate surface area is 167 Å². The van der Waals surface area contributed by atoms with Crippen molar-refractivity contribution in [3.63, 3.8) is 0 Å². The summed E-state index contributed by atoms with van der Waals surface area (Å²) >= 11 is 0. The van der Waals surface area contributed by atoms with Gasteiger partial charge in [0.15, 0.2) is 17.1 Å². The highest BCUT2D eigenvalue weighted by Crippen LogP contribution is 2.33. The first kappa shape index (κ1) is 18.1. The number of hydrogen-bond acceptors (Lipinski definition) is 8. The number of benzene rings is 1. The van der Waals surface area contributed by atoms with Gasteiger partial charge in [-0.25, -0.2) is 8.42 Å². The van der Waals surface area contributed by atoms with Crippen LogP contribution < -0.4 is 14.4 Å². The second kappa shape index (κ2) is 6.85. The van der Waals surface area contributed by atoms with Crippen molar-refractivity contribution < 1.29 is 17.9 Å². The molecule has 152 valence electrons. The lowest BCUT2D eigenvalue weighted by Crippen LogP contribution is -2.60. The highest BCUT2D eigenvalue weighted by Gasteiger charge is 2.37. The zero-order chi connectivity index (χ0) is 20.0. The normalized spacial score (nSPS) is 17.4. The van der Waals surface area contributed by atoms with E-state index in [-0.39, 0.29) is 10.9 Å². The molecule has 0 spiro atoms. The number of anilines is 1. The Balaban J connectivity index is 1.31. The van der Waals surface area contributed by atoms with Crippen molar-refractivity contribution in [2.45, 2.75) is 17.4 Å². The number of rotatable bonds is 4. The quantitative estimate of drug-likeness (QED) is 0.615. The van der Waals surface area contributed by atoms with Gasteiger partial charge < -0.3 is 14.4 Å². The molecule has 0 saturated carbocycles. The Bertz CT molecular complexity index is 1160. The smallest absolute Gasteiger partial charge is 0.243 e. The molecule has 0 atom stereocenters. The Kier molecular flexibility index (Phi) is 4.28. The number of ether oxygens (including phenoxy) is 2. The monoisotopic (exact) mass is 416 g/mol. The molecule has 29 heavy (non-hydrogen) atoms. The first-order chi connectivity index (χ1) is 14.0. The lowest BCUT2D eigenvalue weighted by Gasteiger charge is -2.43. The summed E-state index contributed by atoms with van der Waals surface area (Å²) < 4.78 is 40.4. The van der Waals surface area contributed by atoms with Crippen LogP contribution in [0.15, 0.2) is 41.6 Å². The van der Waals surface area contributed by atoms with Gasteiger partial charge in [-0.15, -0.1) is 15.3 Å². The van der Waals surface area contributed by atoms with Crippen LogP contribution in [0.3, 0.4) is 0 Å². The van der Waals surface area contributed by atoms with Gasteiger partial charge in [0.25, 0.3) is 0 Å². The molecule has 0 amide bonds. The van der Waals surface area contributed by atoms with Gasteiger partial charge in [0.2, 0.25) is 10.0 Å². The van der Waals surface area contributed by atoms with Crippen LogP contribution in [0.5, 0.6) is 11.5 Å². The molecule has 1 aromatic carbocycles. The Morgan fingerprint density at radius 2 is 1.90 bits per heavy atom. The van der Waals surface area contributed by atoms with Crippen LogP contribution in [-0.4, -0.2) is 71.9 Å². The third-order valence-electron chi connectivity index (χ3n) is 5.24. The number of likely N-dealkylation sites (N-methyl/N-ethyl adjacent to an activating group) is 1. The largest absolute Gasteiger partial charge is 0.490 e. The van der Waals surface area contributed by atoms with Crippen LogP contribution in [0, 0.1) is 0 Å². The molecule has 5 rings (SSSR count). The summed E-state index contributed by atoms with van der Waals surface area (Å²) in [5, 5.41) is 12.2. The fraction of sp³-hybridized carbons (Fsp3) is 0.389. The molecule has 1 saturated heterocycles. The molecule has 0 N–H and O–H groups in total. The average Bonchev–Trinajstić information content (AvgIpc) is 3.02. The van der Waals surface area contributed by atoms with Crippen molar-refractivity contribution in [3.8, 4) is 11.5 Å². The minimum Gasteiger partial charge on any atom is -0.490 e. The molecule has 3 aromatic rings. The van der Waals surface area contributed by atoms with Crippen LogP contribution >= 0.6 is 0 Å². The molecule has 0 radical (unpaired) electrons. The van der Waals surface area contributed by atoms with Gasteiger partial charge >= 0.3 is 0 Å². The molecular weight excluding hydrogens is 396 g/mol. The highest BCUT2D eigenvalue weighted by molar-refractivity contribution is 7.89. The second-order valence-corrected chi connectivity index (χ2v) is 9.06. The summed E-state index contributed by atoms with van der Waals surface area (Å²) in [6, 6.07) is 8.32. The number of nitrogens with zero attached hydrogens (tertiary/aromatic N) is 6. The predicted octanol–water partition coefficient (Wildman–Crippen LogP) is 0.795. The molecule has 2 aliphatic heterocycles. The van der Waals surface area contributed by atoms with Gasteiger partial charge in [-0.2, -0.15) is 8.82 Å². The number of sulfonamides is 1. The van der Waals surface area contributed by atoms with Crippen LogP contribution in [0.4, 0.5) is 5.82 Å². The van der Waals surface area contributed by atoms with E-state index in [4.69, 9.17) is 9.47 Å². The number of fused-ring (bicyclic) bond motifs is 2. The fourth-order valence-corrected chi connectivity index (χ4v) is 4.78. The maximum absolute atomic E-state index is 13.1. The van der Waals surface area contributed by atoms with Crippen LogP contribution in [0.1, 0.15) is 6.42 Å². The Morgan fingerprint density at radius 1 is 1.10 bits per heavy atom. The highest BCUT2D eigenvalue weighted by atomic mass is 32.2. The van der Waals surface area contributed by atoms with Crippen molar-refractivity contribution in [1.29, 1.82) is 0 Å². The van der Waals surface area contributed by atoms with Crippen molar-refractivity contribution >= 4 is 21.5 Å². The second-order valence-electron chi connectivity index (χ2n) is 7.06. The maximum atomic E-state index is 13.1. The molecule has 10 nitrogen and oxygen atoms in total. The van der Waals surface area contributed by atoms with Crippen molar-refractivity contribution in [2.75, 3.05) is 38.3 Å². The van der Waals surface area contributed by atoms with Gasteiger partial charge in [-0.3, -0.25) is 0 Å². The van der Waals surface area contributed by atoms with Gasteiger partial charge in [-0.05, 0) is 24.3 Å². The van der Waals surface area contributed by atoms with Crippen LogP contribution in [0.25, 0.3) is 5.65 Å². The lowest BCUT2D eigenvalue weighted by molar-refractivity contribution is 0.296. The summed E-state index contributed by atoms with van der Waals surface area (Å²) in [5.74, 6) is 1.81. The summed E-state index contributed by atoms with van der Waals surface area (Å²) in [6.07, 6.45) is 2.31. The maximum Gasteiger partial charge on any atom is 0.243 e. The summed E-state index contributed by atoms with van der Waals surface area (Å²) in [7, 11) is -2.04. The summed E-state index contributed by atoms with van der Waals surface area (Å²) in [4.78, 5) is 2.22. The van der Waals surface area contributed by atoms with Crippen LogP contribution in [-0.2, 0) is 10.0 Å². The van der Waals surface area contributed by atoms with Gasteiger partial charge in [0, 0.05) is 32.6 Å². The van der Waals surface area contributed by atoms with E-state index < -0.39 is 10.0 Å². The Morgan fingerprint density at radius 3 is 2.72 bits per heavy atom. The third kappa shape index (κ3) is 3.15. The predicted molar refractivity (Wildman–Crippen MR) is 104 cm³/mol. The first-order valence-corrected chi connectivity index (χ1v) is 10.8. The molecule has 4 heterocycles. The lowest BCUT2D eigenvalue weighted by atomic mass is 10.1. The topological polar surface area (TPSA) is 102 Å². The van der Waals surface area contributed by atoms with Crippen molar-refractivity contribution in [2.24, 2.45) is 0 Å². The SMILES string of the molecule is CN(C1CN(c2ccc3nncn3n2)C1)S(=O)(=O)c1ccc2c(c1)OCCCO2. The van der Waals surface area contributed by atoms with E-state index in [1.807, 2.05) is 17.0 Å². The van der Waals surface area contributed by atoms with E-state index in [0.29, 0.717) is 43.4 Å². The van der Waals surface area contributed by atoms with Crippen LogP contribution in [0.2, 0.25) is 0 Å². The van der Waals surface area contributed by atoms with E-state index in [1.54, 1.807) is 29.8 Å². The van der Waals surface area contributed by atoms with Crippen molar-refractivity contribution in [3.05, 3.63) is 36.7 Å². The minimum atomic E-state index is -3.65. The van der Waals surface area contributed by atoms with E-state index >= 15 is 0 Å². The van der Waals surface area contributed by atoms with E-state index in [2.05, 4.69) is 15.3 Å². The molecule has 2 aliphatic rings. The van der Waals surface area contributed by atoms with Crippen molar-refractivity contribution in [1.82, 2.24) is 24.1 Å². The molecule has 2 aromatic heterocycles. The molecule has 11 heteroatoms. The number of hydrogen-bond donors (Lipinski definition) is 0. The first-order valence-electron chi connectivity index (χ1n) is 9.32. The molecule has 1 fully saturated rings. The van der Waals surface area contributed by atoms with E-state index in [1.165, 1.54) is 10.6 Å². The summed E-state index contributed by atoms with van der Waals surface area (Å²) in [5.41, 5.74) is 0.667.